The number of hydrogen-bond donors (Lipinski definition) is 2. The SMILES string of the molecule is COC(=O)CNC(=O)CC(CC(C)C)NC(=O)c1cc(-c2c(OC)cccc2OC)n(CC(C)C)n1. The quantitative estimate of drug-likeness (QED) is 0.404. The van der Waals surface area contributed by atoms with Gasteiger partial charge in [0.05, 0.1) is 32.6 Å². The van der Waals surface area contributed by atoms with Gasteiger partial charge in [-0.3, -0.25) is 19.1 Å². The first-order valence-corrected chi connectivity index (χ1v) is 12.0. The Morgan fingerprint density at radius 1 is 1.00 bits per heavy atom. The highest BCUT2D eigenvalue weighted by atomic mass is 16.5. The molecule has 1 aromatic heterocycles. The van der Waals surface area contributed by atoms with Crippen LogP contribution in [0, 0.1) is 11.8 Å². The maximum Gasteiger partial charge on any atom is 0.325 e. The van der Waals surface area contributed by atoms with Crippen molar-refractivity contribution in [1.29, 1.82) is 0 Å². The molecule has 0 fully saturated rings. The van der Waals surface area contributed by atoms with Crippen molar-refractivity contribution in [1.82, 2.24) is 20.4 Å². The van der Waals surface area contributed by atoms with Gasteiger partial charge in [0.25, 0.3) is 5.91 Å². The second-order valence-corrected chi connectivity index (χ2v) is 9.39. The van der Waals surface area contributed by atoms with Crippen molar-refractivity contribution < 1.29 is 28.6 Å². The number of rotatable bonds is 13. The summed E-state index contributed by atoms with van der Waals surface area (Å²) < 4.78 is 17.5. The molecule has 0 aliphatic heterocycles. The van der Waals surface area contributed by atoms with Gasteiger partial charge in [-0.25, -0.2) is 0 Å². The molecule has 2 N–H and O–H groups in total. The van der Waals surface area contributed by atoms with Crippen LogP contribution in [0.3, 0.4) is 0 Å². The molecule has 0 saturated heterocycles. The van der Waals surface area contributed by atoms with E-state index in [1.807, 2.05) is 32.0 Å². The molecule has 0 saturated carbocycles. The number of methoxy groups -OCH3 is 3. The van der Waals surface area contributed by atoms with E-state index in [2.05, 4.69) is 34.3 Å². The Bertz CT molecular complexity index is 1020. The third kappa shape index (κ3) is 8.00. The Morgan fingerprint density at radius 2 is 1.64 bits per heavy atom. The van der Waals surface area contributed by atoms with E-state index >= 15 is 0 Å². The zero-order valence-electron chi connectivity index (χ0n) is 22.2. The average Bonchev–Trinajstić information content (AvgIpc) is 3.24. The van der Waals surface area contributed by atoms with Crippen LogP contribution >= 0.6 is 0 Å². The molecular weight excluding hydrogens is 464 g/mol. The highest BCUT2D eigenvalue weighted by Crippen LogP contribution is 2.38. The summed E-state index contributed by atoms with van der Waals surface area (Å²) >= 11 is 0. The molecule has 1 heterocycles. The number of hydrogen-bond acceptors (Lipinski definition) is 7. The number of aromatic nitrogens is 2. The van der Waals surface area contributed by atoms with E-state index in [9.17, 15) is 14.4 Å². The second-order valence-electron chi connectivity index (χ2n) is 9.39. The Labute approximate surface area is 212 Å². The topological polar surface area (TPSA) is 121 Å². The van der Waals surface area contributed by atoms with E-state index in [1.54, 1.807) is 25.0 Å². The molecule has 0 aliphatic rings. The van der Waals surface area contributed by atoms with Gasteiger partial charge in [0.1, 0.15) is 18.0 Å². The number of esters is 1. The summed E-state index contributed by atoms with van der Waals surface area (Å²) in [6.45, 7) is 8.51. The molecule has 198 valence electrons. The third-order valence-electron chi connectivity index (χ3n) is 5.42. The number of carbonyl (C=O) groups is 3. The van der Waals surface area contributed by atoms with Crippen LogP contribution in [-0.4, -0.2) is 61.5 Å². The summed E-state index contributed by atoms with van der Waals surface area (Å²) in [5.74, 6) is 0.429. The number of nitrogens with zero attached hydrogens (tertiary/aromatic N) is 2. The van der Waals surface area contributed by atoms with Crippen LogP contribution in [0.15, 0.2) is 24.3 Å². The van der Waals surface area contributed by atoms with Gasteiger partial charge < -0.3 is 24.8 Å². The van der Waals surface area contributed by atoms with Crippen molar-refractivity contribution in [2.75, 3.05) is 27.9 Å². The lowest BCUT2D eigenvalue weighted by Crippen LogP contribution is -2.41. The first-order chi connectivity index (χ1) is 17.1. The summed E-state index contributed by atoms with van der Waals surface area (Å²) in [7, 11) is 4.41. The summed E-state index contributed by atoms with van der Waals surface area (Å²) in [5, 5.41) is 10.1. The molecule has 2 aromatic rings. The summed E-state index contributed by atoms with van der Waals surface area (Å²) in [6, 6.07) is 6.77. The first kappa shape index (κ1) is 28.7. The molecule has 1 atom stereocenters. The Hall–Kier alpha value is -3.56. The van der Waals surface area contributed by atoms with E-state index in [0.29, 0.717) is 35.7 Å². The van der Waals surface area contributed by atoms with Gasteiger partial charge in [-0.05, 0) is 36.5 Å². The molecule has 2 amide bonds. The van der Waals surface area contributed by atoms with Gasteiger partial charge in [0, 0.05) is 19.0 Å². The molecule has 36 heavy (non-hydrogen) atoms. The first-order valence-electron chi connectivity index (χ1n) is 12.0. The number of carbonyl (C=O) groups excluding carboxylic acids is 3. The largest absolute Gasteiger partial charge is 0.496 e. The van der Waals surface area contributed by atoms with Gasteiger partial charge in [0.15, 0.2) is 5.69 Å². The fourth-order valence-electron chi connectivity index (χ4n) is 3.88. The van der Waals surface area contributed by atoms with Gasteiger partial charge in [-0.2, -0.15) is 5.10 Å². The fourth-order valence-corrected chi connectivity index (χ4v) is 3.88. The summed E-state index contributed by atoms with van der Waals surface area (Å²) in [5.41, 5.74) is 1.62. The molecule has 0 spiro atoms. The van der Waals surface area contributed by atoms with Gasteiger partial charge in [-0.15, -0.1) is 0 Å². The van der Waals surface area contributed by atoms with Gasteiger partial charge >= 0.3 is 5.97 Å². The third-order valence-corrected chi connectivity index (χ3v) is 5.42. The molecular formula is C26H38N4O6. The smallest absolute Gasteiger partial charge is 0.325 e. The van der Waals surface area contributed by atoms with Gasteiger partial charge in [-0.1, -0.05) is 33.8 Å². The van der Waals surface area contributed by atoms with E-state index in [1.165, 1.54) is 7.11 Å². The second kappa shape index (κ2) is 13.5. The van der Waals surface area contributed by atoms with Crippen LogP contribution in [-0.2, 0) is 20.9 Å². The highest BCUT2D eigenvalue weighted by molar-refractivity contribution is 5.94. The lowest BCUT2D eigenvalue weighted by molar-refractivity contribution is -0.141. The lowest BCUT2D eigenvalue weighted by atomic mass is 10.0. The van der Waals surface area contributed by atoms with Crippen molar-refractivity contribution in [3.05, 3.63) is 30.0 Å². The van der Waals surface area contributed by atoms with E-state index < -0.39 is 12.0 Å². The minimum atomic E-state index is -0.539. The van der Waals surface area contributed by atoms with Crippen LogP contribution in [0.25, 0.3) is 11.3 Å². The van der Waals surface area contributed by atoms with Crippen LogP contribution < -0.4 is 20.1 Å². The number of benzene rings is 1. The Morgan fingerprint density at radius 3 is 2.17 bits per heavy atom. The molecule has 2 rings (SSSR count). The molecule has 0 aliphatic carbocycles. The predicted octanol–water partition coefficient (Wildman–Crippen LogP) is 3.05. The molecule has 0 bridgehead atoms. The van der Waals surface area contributed by atoms with E-state index in [0.717, 1.165) is 0 Å². The van der Waals surface area contributed by atoms with E-state index in [4.69, 9.17) is 9.47 Å². The Balaban J connectivity index is 2.34. The van der Waals surface area contributed by atoms with Crippen molar-refractivity contribution >= 4 is 17.8 Å². The number of nitrogens with one attached hydrogen (secondary N) is 2. The lowest BCUT2D eigenvalue weighted by Gasteiger charge is -2.19. The Kier molecular flexibility index (Phi) is 10.8. The normalized spacial score (nSPS) is 11.8. The molecule has 1 aromatic carbocycles. The number of amides is 2. The van der Waals surface area contributed by atoms with Crippen molar-refractivity contribution in [2.45, 2.75) is 53.1 Å². The highest BCUT2D eigenvalue weighted by Gasteiger charge is 2.24. The fraction of sp³-hybridized carbons (Fsp3) is 0.538. The minimum absolute atomic E-state index is 0.0286. The van der Waals surface area contributed by atoms with Crippen LogP contribution in [0.5, 0.6) is 11.5 Å². The monoisotopic (exact) mass is 502 g/mol. The van der Waals surface area contributed by atoms with E-state index in [-0.39, 0.29) is 42.3 Å². The van der Waals surface area contributed by atoms with Gasteiger partial charge in [0.2, 0.25) is 5.91 Å². The van der Waals surface area contributed by atoms with Crippen molar-refractivity contribution in [3.8, 4) is 22.8 Å². The maximum atomic E-state index is 13.3. The summed E-state index contributed by atoms with van der Waals surface area (Å²) in [6.07, 6.45) is 0.609. The van der Waals surface area contributed by atoms with Crippen LogP contribution in [0.2, 0.25) is 0 Å². The predicted molar refractivity (Wildman–Crippen MR) is 136 cm³/mol. The van der Waals surface area contributed by atoms with Crippen LogP contribution in [0.1, 0.15) is 51.0 Å². The molecule has 1 unspecified atom stereocenters. The molecule has 10 heteroatoms. The number of ether oxygens (including phenoxy) is 3. The maximum absolute atomic E-state index is 13.3. The standard InChI is InChI=1S/C26H38N4O6/c1-16(2)11-18(12-23(31)27-14-24(32)36-7)28-26(33)19-13-20(30(29-19)15-17(3)4)25-21(34-5)9-8-10-22(25)35-6/h8-10,13,16-18H,11-12,14-15H2,1-7H3,(H,27,31)(H,28,33). The van der Waals surface area contributed by atoms with Crippen molar-refractivity contribution in [3.63, 3.8) is 0 Å². The molecule has 0 radical (unpaired) electrons. The summed E-state index contributed by atoms with van der Waals surface area (Å²) in [4.78, 5) is 37.0. The zero-order valence-corrected chi connectivity index (χ0v) is 22.2. The molecule has 10 nitrogen and oxygen atoms in total. The van der Waals surface area contributed by atoms with Crippen LogP contribution in [0.4, 0.5) is 0 Å². The zero-order chi connectivity index (χ0) is 26.8. The van der Waals surface area contributed by atoms with Crippen molar-refractivity contribution in [2.24, 2.45) is 11.8 Å². The minimum Gasteiger partial charge on any atom is -0.496 e. The average molecular weight is 503 g/mol.